The molecule has 3 rings (SSSR count). The highest BCUT2D eigenvalue weighted by atomic mass is 32.1. The molecule has 6 nitrogen and oxygen atoms in total. The third-order valence-electron chi connectivity index (χ3n) is 3.65. The lowest BCUT2D eigenvalue weighted by Gasteiger charge is -2.38. The highest BCUT2D eigenvalue weighted by molar-refractivity contribution is 7.14. The van der Waals surface area contributed by atoms with E-state index in [1.54, 1.807) is 12.3 Å². The number of halogens is 1. The summed E-state index contributed by atoms with van der Waals surface area (Å²) in [7, 11) is 0. The molecule has 1 atom stereocenters. The standard InChI is InChI=1S/C12H14FN3O3S/c1-2-15-9(17)3-4-12(13,11(15)18)16-5-7-8(19-16)6-20-10(7)14/h6H,2-5,14H2,1H3/t12-/m1/s1. The third-order valence-corrected chi connectivity index (χ3v) is 4.49. The van der Waals surface area contributed by atoms with Crippen LogP contribution in [0.1, 0.15) is 25.3 Å². The fourth-order valence-electron chi connectivity index (χ4n) is 2.49. The highest BCUT2D eigenvalue weighted by Crippen LogP contribution is 2.43. The average Bonchev–Trinajstić information content (AvgIpc) is 2.98. The molecule has 0 saturated carbocycles. The van der Waals surface area contributed by atoms with Crippen LogP contribution in [0.15, 0.2) is 5.38 Å². The molecule has 0 bridgehead atoms. The molecule has 2 aliphatic rings. The van der Waals surface area contributed by atoms with E-state index in [4.69, 9.17) is 10.6 Å². The van der Waals surface area contributed by atoms with Crippen molar-refractivity contribution in [3.63, 3.8) is 0 Å². The van der Waals surface area contributed by atoms with E-state index in [0.29, 0.717) is 16.3 Å². The van der Waals surface area contributed by atoms with Gasteiger partial charge in [0.1, 0.15) is 0 Å². The lowest BCUT2D eigenvalue weighted by atomic mass is 10.0. The number of nitrogen functional groups attached to an aromatic ring is 1. The van der Waals surface area contributed by atoms with Crippen molar-refractivity contribution in [2.24, 2.45) is 0 Å². The third kappa shape index (κ3) is 1.71. The van der Waals surface area contributed by atoms with Gasteiger partial charge in [-0.15, -0.1) is 11.3 Å². The summed E-state index contributed by atoms with van der Waals surface area (Å²) < 4.78 is 15.1. The number of hydrogen-bond donors (Lipinski definition) is 1. The van der Waals surface area contributed by atoms with Crippen molar-refractivity contribution in [2.45, 2.75) is 32.1 Å². The van der Waals surface area contributed by atoms with Crippen LogP contribution in [0.5, 0.6) is 5.75 Å². The number of anilines is 1. The van der Waals surface area contributed by atoms with Crippen LogP contribution in [0.25, 0.3) is 0 Å². The predicted molar refractivity (Wildman–Crippen MR) is 70.4 cm³/mol. The molecule has 2 aliphatic heterocycles. The number of carbonyl (C=O) groups excluding carboxylic acids is 2. The lowest BCUT2D eigenvalue weighted by Crippen LogP contribution is -2.61. The molecular formula is C12H14FN3O3S. The number of hydrogen-bond acceptors (Lipinski definition) is 6. The Labute approximate surface area is 118 Å². The molecule has 1 fully saturated rings. The molecule has 1 aromatic rings. The summed E-state index contributed by atoms with van der Waals surface area (Å²) >= 11 is 1.31. The van der Waals surface area contributed by atoms with E-state index in [9.17, 15) is 9.59 Å². The number of nitrogens with zero attached hydrogens (tertiary/aromatic N) is 2. The quantitative estimate of drug-likeness (QED) is 0.657. The van der Waals surface area contributed by atoms with Crippen molar-refractivity contribution in [3.8, 4) is 5.75 Å². The van der Waals surface area contributed by atoms with Crippen LogP contribution >= 0.6 is 11.3 Å². The van der Waals surface area contributed by atoms with Crippen molar-refractivity contribution in [1.82, 2.24) is 9.96 Å². The van der Waals surface area contributed by atoms with E-state index in [-0.39, 0.29) is 31.8 Å². The average molecular weight is 299 g/mol. The van der Waals surface area contributed by atoms with Gasteiger partial charge >= 0.3 is 0 Å². The molecule has 0 aliphatic carbocycles. The first-order chi connectivity index (χ1) is 9.47. The molecule has 0 unspecified atom stereocenters. The monoisotopic (exact) mass is 299 g/mol. The normalized spacial score (nSPS) is 26.8. The number of fused-ring (bicyclic) bond motifs is 1. The summed E-state index contributed by atoms with van der Waals surface area (Å²) in [6.07, 6.45) is -0.215. The van der Waals surface area contributed by atoms with Crippen LogP contribution in [0.4, 0.5) is 9.39 Å². The van der Waals surface area contributed by atoms with E-state index in [1.807, 2.05) is 0 Å². The zero-order valence-corrected chi connectivity index (χ0v) is 11.7. The molecule has 108 valence electrons. The Bertz CT molecular complexity index is 591. The molecule has 0 aromatic carbocycles. The number of nitrogens with two attached hydrogens (primary N) is 1. The summed E-state index contributed by atoms with van der Waals surface area (Å²) in [4.78, 5) is 30.2. The number of alkyl halides is 1. The Hall–Kier alpha value is -1.67. The number of likely N-dealkylation sites (N-methyl/N-ethyl adjacent to an activating group) is 1. The summed E-state index contributed by atoms with van der Waals surface area (Å²) in [5.41, 5.74) is 6.47. The second-order valence-electron chi connectivity index (χ2n) is 4.77. The van der Waals surface area contributed by atoms with Crippen LogP contribution in [0, 0.1) is 0 Å². The lowest BCUT2D eigenvalue weighted by molar-refractivity contribution is -0.218. The maximum atomic E-state index is 15.1. The Morgan fingerprint density at radius 3 is 2.95 bits per heavy atom. The number of thiophene rings is 1. The number of piperidine rings is 1. The topological polar surface area (TPSA) is 75.9 Å². The SMILES string of the molecule is CCN1C(=O)CC[C@@](F)(N2Cc3c(csc3N)O2)C1=O. The van der Waals surface area contributed by atoms with E-state index in [1.165, 1.54) is 11.3 Å². The fourth-order valence-corrected chi connectivity index (χ4v) is 3.22. The minimum Gasteiger partial charge on any atom is -0.401 e. The predicted octanol–water partition coefficient (Wildman–Crippen LogP) is 1.27. The largest absolute Gasteiger partial charge is 0.401 e. The maximum Gasteiger partial charge on any atom is 0.285 e. The molecule has 1 aromatic heterocycles. The van der Waals surface area contributed by atoms with Crippen LogP contribution < -0.4 is 10.6 Å². The van der Waals surface area contributed by atoms with Crippen LogP contribution in [0.2, 0.25) is 0 Å². The zero-order chi connectivity index (χ0) is 14.5. The van der Waals surface area contributed by atoms with Gasteiger partial charge in [-0.1, -0.05) is 5.06 Å². The van der Waals surface area contributed by atoms with Crippen molar-refractivity contribution in [3.05, 3.63) is 10.9 Å². The number of rotatable bonds is 2. The van der Waals surface area contributed by atoms with Gasteiger partial charge in [0.05, 0.1) is 11.5 Å². The zero-order valence-electron chi connectivity index (χ0n) is 10.9. The van der Waals surface area contributed by atoms with Crippen molar-refractivity contribution >= 4 is 28.2 Å². The Balaban J connectivity index is 1.87. The minimum atomic E-state index is -2.31. The molecule has 3 heterocycles. The minimum absolute atomic E-state index is 0.0156. The van der Waals surface area contributed by atoms with E-state index >= 15 is 4.39 Å². The fraction of sp³-hybridized carbons (Fsp3) is 0.500. The van der Waals surface area contributed by atoms with Gasteiger partial charge in [0.2, 0.25) is 5.91 Å². The molecule has 2 amide bonds. The van der Waals surface area contributed by atoms with E-state index in [2.05, 4.69) is 0 Å². The van der Waals surface area contributed by atoms with Crippen LogP contribution in [-0.2, 0) is 16.1 Å². The molecule has 2 N–H and O–H groups in total. The molecule has 20 heavy (non-hydrogen) atoms. The van der Waals surface area contributed by atoms with Crippen molar-refractivity contribution < 1.29 is 18.8 Å². The second kappa shape index (κ2) is 4.42. The van der Waals surface area contributed by atoms with E-state index < -0.39 is 11.7 Å². The van der Waals surface area contributed by atoms with Crippen LogP contribution in [-0.4, -0.2) is 34.1 Å². The Morgan fingerprint density at radius 2 is 2.30 bits per heavy atom. The Morgan fingerprint density at radius 1 is 1.55 bits per heavy atom. The Kier molecular flexibility index (Phi) is 2.94. The van der Waals surface area contributed by atoms with Gasteiger partial charge in [0, 0.05) is 30.3 Å². The van der Waals surface area contributed by atoms with Gasteiger partial charge in [0.25, 0.3) is 11.7 Å². The summed E-state index contributed by atoms with van der Waals surface area (Å²) in [5.74, 6) is -3.04. The summed E-state index contributed by atoms with van der Waals surface area (Å²) in [6.45, 7) is 1.90. The highest BCUT2D eigenvalue weighted by Gasteiger charge is 2.55. The number of imide groups is 1. The van der Waals surface area contributed by atoms with Gasteiger partial charge in [-0.2, -0.15) is 0 Å². The molecule has 0 spiro atoms. The first kappa shape index (κ1) is 13.3. The first-order valence-corrected chi connectivity index (χ1v) is 7.20. The first-order valence-electron chi connectivity index (χ1n) is 6.32. The molecule has 1 saturated heterocycles. The van der Waals surface area contributed by atoms with Gasteiger partial charge in [-0.05, 0) is 6.92 Å². The van der Waals surface area contributed by atoms with Crippen LogP contribution in [0.3, 0.4) is 0 Å². The van der Waals surface area contributed by atoms with E-state index in [0.717, 1.165) is 9.96 Å². The summed E-state index contributed by atoms with van der Waals surface area (Å²) in [6, 6.07) is 0. The number of likely N-dealkylation sites (tertiary alicyclic amines) is 1. The summed E-state index contributed by atoms with van der Waals surface area (Å²) in [5, 5.41) is 3.24. The van der Waals surface area contributed by atoms with Crippen molar-refractivity contribution in [2.75, 3.05) is 12.3 Å². The van der Waals surface area contributed by atoms with Gasteiger partial charge in [0.15, 0.2) is 5.75 Å². The maximum absolute atomic E-state index is 15.1. The van der Waals surface area contributed by atoms with Gasteiger partial charge < -0.3 is 10.6 Å². The van der Waals surface area contributed by atoms with Crippen molar-refractivity contribution in [1.29, 1.82) is 0 Å². The number of amides is 2. The number of carbonyl (C=O) groups is 2. The van der Waals surface area contributed by atoms with Gasteiger partial charge in [-0.3, -0.25) is 14.5 Å². The number of hydroxylamine groups is 2. The smallest absolute Gasteiger partial charge is 0.285 e. The molecular weight excluding hydrogens is 285 g/mol. The molecule has 0 radical (unpaired) electrons. The van der Waals surface area contributed by atoms with Gasteiger partial charge in [-0.25, -0.2) is 4.39 Å². The molecule has 8 heteroatoms. The second-order valence-corrected chi connectivity index (χ2v) is 5.68.